The Bertz CT molecular complexity index is 1600. The van der Waals surface area contributed by atoms with Gasteiger partial charge in [-0.2, -0.15) is 9.97 Å². The third-order valence-corrected chi connectivity index (χ3v) is 6.67. The molecule has 0 unspecified atom stereocenters. The van der Waals surface area contributed by atoms with E-state index in [2.05, 4.69) is 74.0 Å². The normalized spacial score (nSPS) is 11.0. The Hall–Kier alpha value is -4.99. The average Bonchev–Trinajstić information content (AvgIpc) is 3.44. The second kappa shape index (κ2) is 12.9. The second-order valence-corrected chi connectivity index (χ2v) is 9.84. The average molecular weight is 551 g/mol. The number of nitrogens with zero attached hydrogens (tertiary/aromatic N) is 5. The topological polar surface area (TPSA) is 119 Å². The first-order chi connectivity index (χ1) is 20.0. The standard InChI is InChI=1S/C31H34N8O2/c1-21(2)39-20-36-28-29(34-18-22-11-13-23(14-12-22)25-9-6-7-16-32-25)37-31(38-30(28)39)35-19-27(40)33-17-15-24-8-4-5-10-26(24)41-3/h4-14,16,20-21H,15,17-19H2,1-3H3,(H,33,40)(H2,34,35,37,38). The van der Waals surface area contributed by atoms with E-state index in [1.165, 1.54) is 0 Å². The summed E-state index contributed by atoms with van der Waals surface area (Å²) in [4.78, 5) is 30.9. The van der Waals surface area contributed by atoms with Crippen molar-refractivity contribution >= 4 is 28.8 Å². The summed E-state index contributed by atoms with van der Waals surface area (Å²) in [7, 11) is 1.64. The van der Waals surface area contributed by atoms with Crippen molar-refractivity contribution in [1.82, 2.24) is 29.8 Å². The second-order valence-electron chi connectivity index (χ2n) is 9.84. The molecule has 41 heavy (non-hydrogen) atoms. The van der Waals surface area contributed by atoms with Crippen LogP contribution in [-0.2, 0) is 17.8 Å². The van der Waals surface area contributed by atoms with Crippen LogP contribution in [0, 0.1) is 0 Å². The predicted molar refractivity (Wildman–Crippen MR) is 161 cm³/mol. The Morgan fingerprint density at radius 3 is 2.51 bits per heavy atom. The largest absolute Gasteiger partial charge is 0.496 e. The van der Waals surface area contributed by atoms with E-state index in [1.807, 2.05) is 47.0 Å². The van der Waals surface area contributed by atoms with Gasteiger partial charge in [0.2, 0.25) is 11.9 Å². The van der Waals surface area contributed by atoms with Crippen LogP contribution >= 0.6 is 0 Å². The van der Waals surface area contributed by atoms with Crippen molar-refractivity contribution in [3.63, 3.8) is 0 Å². The Balaban J connectivity index is 1.24. The third-order valence-electron chi connectivity index (χ3n) is 6.67. The van der Waals surface area contributed by atoms with E-state index in [0.717, 1.165) is 28.1 Å². The van der Waals surface area contributed by atoms with Gasteiger partial charge in [-0.05, 0) is 49.6 Å². The van der Waals surface area contributed by atoms with E-state index in [-0.39, 0.29) is 18.5 Å². The van der Waals surface area contributed by atoms with E-state index < -0.39 is 0 Å². The zero-order valence-electron chi connectivity index (χ0n) is 23.5. The van der Waals surface area contributed by atoms with Crippen LogP contribution in [0.1, 0.15) is 31.0 Å². The van der Waals surface area contributed by atoms with Gasteiger partial charge in [-0.1, -0.05) is 48.5 Å². The highest BCUT2D eigenvalue weighted by Crippen LogP contribution is 2.24. The molecule has 0 atom stereocenters. The van der Waals surface area contributed by atoms with Crippen LogP contribution in [0.25, 0.3) is 22.4 Å². The van der Waals surface area contributed by atoms with Gasteiger partial charge in [0, 0.05) is 30.9 Å². The highest BCUT2D eigenvalue weighted by molar-refractivity contribution is 5.85. The number of rotatable bonds is 12. The number of hydrogen-bond acceptors (Lipinski definition) is 8. The molecule has 0 aliphatic heterocycles. The fraction of sp³-hybridized carbons (Fsp3) is 0.258. The van der Waals surface area contributed by atoms with E-state index in [1.54, 1.807) is 19.6 Å². The number of para-hydroxylation sites is 1. The number of pyridine rings is 1. The maximum atomic E-state index is 12.6. The molecule has 3 N–H and O–H groups in total. The molecule has 0 saturated heterocycles. The molecular formula is C31H34N8O2. The van der Waals surface area contributed by atoms with E-state index >= 15 is 0 Å². The van der Waals surface area contributed by atoms with Gasteiger partial charge in [0.1, 0.15) is 5.75 Å². The molecule has 0 aliphatic rings. The molecule has 1 amide bonds. The molecule has 10 nitrogen and oxygen atoms in total. The highest BCUT2D eigenvalue weighted by atomic mass is 16.5. The number of carbonyl (C=O) groups is 1. The quantitative estimate of drug-likeness (QED) is 0.202. The molecule has 0 fully saturated rings. The van der Waals surface area contributed by atoms with Gasteiger partial charge in [-0.15, -0.1) is 0 Å². The molecule has 0 radical (unpaired) electrons. The summed E-state index contributed by atoms with van der Waals surface area (Å²) in [6.45, 7) is 5.23. The van der Waals surface area contributed by atoms with Gasteiger partial charge < -0.3 is 25.3 Å². The molecule has 0 bridgehead atoms. The van der Waals surface area contributed by atoms with Gasteiger partial charge >= 0.3 is 0 Å². The lowest BCUT2D eigenvalue weighted by Crippen LogP contribution is -2.31. The summed E-state index contributed by atoms with van der Waals surface area (Å²) in [5.41, 5.74) is 5.49. The monoisotopic (exact) mass is 550 g/mol. The summed E-state index contributed by atoms with van der Waals surface area (Å²) in [5.74, 6) is 1.62. The molecule has 2 aromatic carbocycles. The fourth-order valence-corrected chi connectivity index (χ4v) is 4.48. The van der Waals surface area contributed by atoms with Crippen molar-refractivity contribution in [2.75, 3.05) is 30.8 Å². The van der Waals surface area contributed by atoms with Crippen molar-refractivity contribution in [3.8, 4) is 17.0 Å². The lowest BCUT2D eigenvalue weighted by atomic mass is 10.1. The van der Waals surface area contributed by atoms with Gasteiger partial charge in [-0.25, -0.2) is 4.98 Å². The van der Waals surface area contributed by atoms with Crippen LogP contribution in [0.2, 0.25) is 0 Å². The van der Waals surface area contributed by atoms with Crippen LogP contribution in [-0.4, -0.2) is 50.6 Å². The smallest absolute Gasteiger partial charge is 0.239 e. The minimum atomic E-state index is -0.150. The van der Waals surface area contributed by atoms with E-state index in [0.29, 0.717) is 42.4 Å². The molecule has 3 aromatic heterocycles. The minimum Gasteiger partial charge on any atom is -0.496 e. The third kappa shape index (κ3) is 6.78. The summed E-state index contributed by atoms with van der Waals surface area (Å²) >= 11 is 0. The van der Waals surface area contributed by atoms with Crippen LogP contribution in [0.3, 0.4) is 0 Å². The zero-order chi connectivity index (χ0) is 28.6. The Labute approximate surface area is 239 Å². The molecule has 0 aliphatic carbocycles. The van der Waals surface area contributed by atoms with Crippen molar-refractivity contribution in [2.24, 2.45) is 0 Å². The maximum Gasteiger partial charge on any atom is 0.239 e. The molecule has 5 aromatic rings. The summed E-state index contributed by atoms with van der Waals surface area (Å²) in [6, 6.07) is 22.1. The van der Waals surface area contributed by atoms with Crippen LogP contribution in [0.4, 0.5) is 11.8 Å². The van der Waals surface area contributed by atoms with Gasteiger partial charge in [-0.3, -0.25) is 9.78 Å². The number of ether oxygens (including phenoxy) is 1. The molecule has 0 saturated carbocycles. The number of amides is 1. The number of methoxy groups -OCH3 is 1. The highest BCUT2D eigenvalue weighted by Gasteiger charge is 2.16. The number of imidazole rings is 1. The number of nitrogens with one attached hydrogen (secondary N) is 3. The number of hydrogen-bond donors (Lipinski definition) is 3. The number of fused-ring (bicyclic) bond motifs is 1. The lowest BCUT2D eigenvalue weighted by molar-refractivity contribution is -0.119. The SMILES string of the molecule is COc1ccccc1CCNC(=O)CNc1nc(NCc2ccc(-c3ccccn3)cc2)c2ncn(C(C)C)c2n1. The van der Waals surface area contributed by atoms with Crippen molar-refractivity contribution in [2.45, 2.75) is 32.9 Å². The molecule has 10 heteroatoms. The van der Waals surface area contributed by atoms with Crippen molar-refractivity contribution < 1.29 is 9.53 Å². The summed E-state index contributed by atoms with van der Waals surface area (Å²) in [6.07, 6.45) is 4.23. The summed E-state index contributed by atoms with van der Waals surface area (Å²) in [5, 5.41) is 9.43. The maximum absolute atomic E-state index is 12.6. The first kappa shape index (κ1) is 27.6. The Morgan fingerprint density at radius 1 is 0.951 bits per heavy atom. The van der Waals surface area contributed by atoms with Crippen LogP contribution in [0.15, 0.2) is 79.3 Å². The van der Waals surface area contributed by atoms with Crippen LogP contribution < -0.4 is 20.7 Å². The summed E-state index contributed by atoms with van der Waals surface area (Å²) < 4.78 is 7.38. The number of aromatic nitrogens is 5. The first-order valence-electron chi connectivity index (χ1n) is 13.6. The Kier molecular flexibility index (Phi) is 8.68. The molecule has 210 valence electrons. The van der Waals surface area contributed by atoms with Crippen molar-refractivity contribution in [3.05, 3.63) is 90.4 Å². The molecular weight excluding hydrogens is 516 g/mol. The van der Waals surface area contributed by atoms with Gasteiger partial charge in [0.05, 0.1) is 25.7 Å². The predicted octanol–water partition coefficient (Wildman–Crippen LogP) is 4.86. The number of benzene rings is 2. The fourth-order valence-electron chi connectivity index (χ4n) is 4.48. The van der Waals surface area contributed by atoms with E-state index in [4.69, 9.17) is 4.74 Å². The van der Waals surface area contributed by atoms with Crippen molar-refractivity contribution in [1.29, 1.82) is 0 Å². The van der Waals surface area contributed by atoms with Gasteiger partial charge in [0.25, 0.3) is 0 Å². The molecule has 0 spiro atoms. The van der Waals surface area contributed by atoms with Gasteiger partial charge in [0.15, 0.2) is 17.0 Å². The minimum absolute atomic E-state index is 0.0433. The Morgan fingerprint density at radius 2 is 1.76 bits per heavy atom. The zero-order valence-corrected chi connectivity index (χ0v) is 23.5. The molecule has 5 rings (SSSR count). The lowest BCUT2D eigenvalue weighted by Gasteiger charge is -2.13. The number of carbonyl (C=O) groups excluding carboxylic acids is 1. The molecule has 3 heterocycles. The number of anilines is 2. The first-order valence-corrected chi connectivity index (χ1v) is 13.6. The van der Waals surface area contributed by atoms with E-state index in [9.17, 15) is 4.79 Å². The van der Waals surface area contributed by atoms with Crippen LogP contribution in [0.5, 0.6) is 5.75 Å².